The highest BCUT2D eigenvalue weighted by Crippen LogP contribution is 2.18. The van der Waals surface area contributed by atoms with E-state index >= 15 is 0 Å². The smallest absolute Gasteiger partial charge is 0.257 e. The van der Waals surface area contributed by atoms with Gasteiger partial charge in [0.05, 0.1) is 11.3 Å². The molecule has 0 aliphatic carbocycles. The zero-order valence-corrected chi connectivity index (χ0v) is 15.1. The minimum absolute atomic E-state index is 0.0695. The molecular weight excluding hydrogens is 319 g/mol. The highest BCUT2D eigenvalue weighted by molar-refractivity contribution is 5.96. The monoisotopic (exact) mass is 344 g/mol. The first-order valence-corrected chi connectivity index (χ1v) is 8.79. The first kappa shape index (κ1) is 17.6. The third-order valence-electron chi connectivity index (χ3n) is 4.85. The van der Waals surface area contributed by atoms with E-state index in [0.717, 1.165) is 42.1 Å². The summed E-state index contributed by atoms with van der Waals surface area (Å²) < 4.78 is 15.2. The van der Waals surface area contributed by atoms with Crippen molar-refractivity contribution >= 4 is 5.91 Å². The van der Waals surface area contributed by atoms with Crippen molar-refractivity contribution in [3.05, 3.63) is 52.6 Å². The van der Waals surface area contributed by atoms with Gasteiger partial charge >= 0.3 is 0 Å². The predicted octanol–water partition coefficient (Wildman–Crippen LogP) is 2.62. The van der Waals surface area contributed by atoms with E-state index in [1.807, 2.05) is 36.4 Å². The molecule has 1 saturated heterocycles. The summed E-state index contributed by atoms with van der Waals surface area (Å²) >= 11 is 0. The Morgan fingerprint density at radius 1 is 1.20 bits per heavy atom. The van der Waals surface area contributed by atoms with Gasteiger partial charge in [-0.05, 0) is 38.5 Å². The number of halogens is 1. The Hall–Kier alpha value is -2.21. The molecule has 1 amide bonds. The fourth-order valence-corrected chi connectivity index (χ4v) is 3.48. The Morgan fingerprint density at radius 2 is 1.92 bits per heavy atom. The molecule has 2 heterocycles. The van der Waals surface area contributed by atoms with Crippen LogP contribution in [0.2, 0.25) is 0 Å². The van der Waals surface area contributed by atoms with Crippen LogP contribution >= 0.6 is 0 Å². The molecule has 0 N–H and O–H groups in total. The summed E-state index contributed by atoms with van der Waals surface area (Å²) in [6.07, 6.45) is 0. The molecule has 0 atom stereocenters. The summed E-state index contributed by atoms with van der Waals surface area (Å²) in [6, 6.07) is 6.71. The number of rotatable bonds is 4. The van der Waals surface area contributed by atoms with Crippen LogP contribution in [0.1, 0.15) is 34.2 Å². The van der Waals surface area contributed by atoms with E-state index in [4.69, 9.17) is 0 Å². The second kappa shape index (κ2) is 7.35. The molecule has 1 aromatic carbocycles. The van der Waals surface area contributed by atoms with Crippen LogP contribution in [-0.2, 0) is 13.1 Å². The number of benzene rings is 1. The number of aromatic nitrogens is 2. The van der Waals surface area contributed by atoms with Crippen molar-refractivity contribution in [1.82, 2.24) is 19.6 Å². The van der Waals surface area contributed by atoms with E-state index < -0.39 is 0 Å². The van der Waals surface area contributed by atoms with E-state index in [0.29, 0.717) is 19.6 Å². The van der Waals surface area contributed by atoms with Crippen molar-refractivity contribution in [1.29, 1.82) is 0 Å². The van der Waals surface area contributed by atoms with Gasteiger partial charge in [0.1, 0.15) is 5.82 Å². The molecule has 5 nitrogen and oxygen atoms in total. The molecule has 1 aromatic heterocycles. The fourth-order valence-electron chi connectivity index (χ4n) is 3.48. The Kier molecular flexibility index (Phi) is 5.18. The first-order valence-electron chi connectivity index (χ1n) is 8.79. The molecule has 1 fully saturated rings. The van der Waals surface area contributed by atoms with E-state index in [1.165, 1.54) is 6.07 Å². The van der Waals surface area contributed by atoms with Crippen molar-refractivity contribution < 1.29 is 9.18 Å². The number of carbonyl (C=O) groups excluding carboxylic acids is 1. The topological polar surface area (TPSA) is 41.4 Å². The summed E-state index contributed by atoms with van der Waals surface area (Å²) in [5.74, 6) is -0.134. The van der Waals surface area contributed by atoms with Crippen LogP contribution in [0.5, 0.6) is 0 Å². The highest BCUT2D eigenvalue weighted by atomic mass is 19.1. The molecule has 2 aromatic rings. The maximum absolute atomic E-state index is 13.3. The van der Waals surface area contributed by atoms with Crippen LogP contribution in [0.4, 0.5) is 4.39 Å². The third kappa shape index (κ3) is 3.74. The van der Waals surface area contributed by atoms with E-state index in [1.54, 1.807) is 12.1 Å². The molecule has 25 heavy (non-hydrogen) atoms. The fraction of sp³-hybridized carbons (Fsp3) is 0.474. The highest BCUT2D eigenvalue weighted by Gasteiger charge is 2.26. The third-order valence-corrected chi connectivity index (χ3v) is 4.85. The van der Waals surface area contributed by atoms with Gasteiger partial charge in [-0.1, -0.05) is 12.1 Å². The van der Waals surface area contributed by atoms with Crippen molar-refractivity contribution in [2.24, 2.45) is 0 Å². The van der Waals surface area contributed by atoms with Crippen LogP contribution in [0.15, 0.2) is 24.3 Å². The zero-order valence-electron chi connectivity index (χ0n) is 15.1. The molecule has 1 aliphatic heterocycles. The van der Waals surface area contributed by atoms with Gasteiger partial charge in [0, 0.05) is 45.0 Å². The van der Waals surface area contributed by atoms with E-state index in [-0.39, 0.29) is 11.7 Å². The lowest BCUT2D eigenvalue weighted by molar-refractivity contribution is 0.0627. The maximum Gasteiger partial charge on any atom is 0.257 e. The van der Waals surface area contributed by atoms with E-state index in [9.17, 15) is 9.18 Å². The summed E-state index contributed by atoms with van der Waals surface area (Å²) in [4.78, 5) is 17.0. The van der Waals surface area contributed by atoms with Gasteiger partial charge in [-0.25, -0.2) is 4.39 Å². The van der Waals surface area contributed by atoms with Crippen molar-refractivity contribution in [2.45, 2.75) is 33.9 Å². The lowest BCUT2D eigenvalue weighted by Crippen LogP contribution is -2.48. The minimum atomic E-state index is -0.204. The normalized spacial score (nSPS) is 15.6. The second-order valence-corrected chi connectivity index (χ2v) is 6.56. The summed E-state index contributed by atoms with van der Waals surface area (Å²) in [6.45, 7) is 10.3. The zero-order chi connectivity index (χ0) is 18.0. The average Bonchev–Trinajstić information content (AvgIpc) is 2.89. The number of nitrogens with zero attached hydrogens (tertiary/aromatic N) is 4. The number of aryl methyl sites for hydroxylation is 2. The van der Waals surface area contributed by atoms with Crippen molar-refractivity contribution in [3.63, 3.8) is 0 Å². The average molecular weight is 344 g/mol. The summed E-state index contributed by atoms with van der Waals surface area (Å²) in [5, 5.41) is 4.45. The lowest BCUT2D eigenvalue weighted by Gasteiger charge is -2.34. The molecule has 1 aliphatic rings. The molecule has 134 valence electrons. The quantitative estimate of drug-likeness (QED) is 0.856. The van der Waals surface area contributed by atoms with Gasteiger partial charge in [0.15, 0.2) is 0 Å². The Bertz CT molecular complexity index is 763. The number of amides is 1. The molecule has 0 spiro atoms. The number of piperazine rings is 1. The van der Waals surface area contributed by atoms with Crippen molar-refractivity contribution in [2.75, 3.05) is 26.2 Å². The van der Waals surface area contributed by atoms with Crippen molar-refractivity contribution in [3.8, 4) is 0 Å². The Morgan fingerprint density at radius 3 is 2.52 bits per heavy atom. The Balaban J connectivity index is 1.62. The van der Waals surface area contributed by atoms with Crippen LogP contribution in [0, 0.1) is 19.7 Å². The summed E-state index contributed by atoms with van der Waals surface area (Å²) in [5.41, 5.74) is 3.44. The molecule has 3 rings (SSSR count). The van der Waals surface area contributed by atoms with Gasteiger partial charge < -0.3 is 4.90 Å². The number of hydrogen-bond acceptors (Lipinski definition) is 3. The maximum atomic E-state index is 13.3. The molecule has 0 saturated carbocycles. The van der Waals surface area contributed by atoms with E-state index in [2.05, 4.69) is 10.00 Å². The predicted molar refractivity (Wildman–Crippen MR) is 95.0 cm³/mol. The SMILES string of the molecule is CCn1nc(C)c(C(=O)N2CCN(Cc3cccc(F)c3)CC2)c1C. The molecule has 0 unspecified atom stereocenters. The minimum Gasteiger partial charge on any atom is -0.336 e. The second-order valence-electron chi connectivity index (χ2n) is 6.56. The largest absolute Gasteiger partial charge is 0.336 e. The molecular formula is C19H25FN4O. The van der Waals surface area contributed by atoms with Gasteiger partial charge in [0.25, 0.3) is 5.91 Å². The lowest BCUT2D eigenvalue weighted by atomic mass is 10.1. The van der Waals surface area contributed by atoms with Crippen LogP contribution in [-0.4, -0.2) is 51.7 Å². The molecule has 0 radical (unpaired) electrons. The van der Waals surface area contributed by atoms with Gasteiger partial charge in [-0.15, -0.1) is 0 Å². The molecule has 0 bridgehead atoms. The number of carbonyl (C=O) groups is 1. The van der Waals surface area contributed by atoms with Crippen LogP contribution in [0.3, 0.4) is 0 Å². The van der Waals surface area contributed by atoms with Crippen LogP contribution in [0.25, 0.3) is 0 Å². The number of hydrogen-bond donors (Lipinski definition) is 0. The van der Waals surface area contributed by atoms with Crippen LogP contribution < -0.4 is 0 Å². The molecule has 6 heteroatoms. The van der Waals surface area contributed by atoms with Gasteiger partial charge in [-0.3, -0.25) is 14.4 Å². The Labute approximate surface area is 148 Å². The standard InChI is InChI=1S/C19H25FN4O/c1-4-24-15(3)18(14(2)21-24)19(25)23-10-8-22(9-11-23)13-16-6-5-7-17(20)12-16/h5-7,12H,4,8-11,13H2,1-3H3. The first-order chi connectivity index (χ1) is 12.0. The van der Waals surface area contributed by atoms with Gasteiger partial charge in [0.2, 0.25) is 0 Å². The van der Waals surface area contributed by atoms with Gasteiger partial charge in [-0.2, -0.15) is 5.10 Å². The summed E-state index contributed by atoms with van der Waals surface area (Å²) in [7, 11) is 0.